The maximum Gasteiger partial charge on any atom is 0.225 e. The van der Waals surface area contributed by atoms with E-state index < -0.39 is 0 Å². The van der Waals surface area contributed by atoms with Gasteiger partial charge in [-0.05, 0) is 31.9 Å². The van der Waals surface area contributed by atoms with Crippen molar-refractivity contribution in [3.8, 4) is 0 Å². The molecule has 1 fully saturated rings. The van der Waals surface area contributed by atoms with E-state index in [4.69, 9.17) is 0 Å². The predicted molar refractivity (Wildman–Crippen MR) is 107 cm³/mol. The molecule has 1 aliphatic rings. The van der Waals surface area contributed by atoms with E-state index in [1.54, 1.807) is 4.90 Å². The highest BCUT2D eigenvalue weighted by atomic mass is 16.2. The zero-order chi connectivity index (χ0) is 19.4. The zero-order valence-electron chi connectivity index (χ0n) is 16.3. The highest BCUT2D eigenvalue weighted by Gasteiger charge is 2.36. The highest BCUT2D eigenvalue weighted by molar-refractivity contribution is 5.89. The lowest BCUT2D eigenvalue weighted by Crippen LogP contribution is -2.42. The highest BCUT2D eigenvalue weighted by Crippen LogP contribution is 2.29. The number of carbonyl (C=O) groups is 2. The third-order valence-corrected chi connectivity index (χ3v) is 5.34. The Bertz CT molecular complexity index is 734. The van der Waals surface area contributed by atoms with E-state index >= 15 is 0 Å². The van der Waals surface area contributed by atoms with Crippen molar-refractivity contribution < 1.29 is 9.59 Å². The first-order valence-corrected chi connectivity index (χ1v) is 9.67. The molecule has 0 aromatic heterocycles. The van der Waals surface area contributed by atoms with Crippen LogP contribution in [-0.2, 0) is 9.59 Å². The van der Waals surface area contributed by atoms with Gasteiger partial charge in [0.2, 0.25) is 11.8 Å². The smallest absolute Gasteiger partial charge is 0.225 e. The normalized spacial score (nSPS) is 18.2. The fourth-order valence-corrected chi connectivity index (χ4v) is 3.92. The Kier molecular flexibility index (Phi) is 5.94. The molecule has 1 N–H and O–H groups in total. The number of nitrogens with one attached hydrogen (secondary N) is 1. The molecule has 1 saturated heterocycles. The van der Waals surface area contributed by atoms with Gasteiger partial charge >= 0.3 is 0 Å². The molecule has 0 aliphatic carbocycles. The lowest BCUT2D eigenvalue weighted by atomic mass is 9.85. The second kappa shape index (κ2) is 8.38. The second-order valence-electron chi connectivity index (χ2n) is 7.64. The molecule has 0 radical (unpaired) electrons. The molecule has 3 rings (SSSR count). The minimum absolute atomic E-state index is 0.0316. The van der Waals surface area contributed by atoms with Gasteiger partial charge in [0, 0.05) is 31.0 Å². The number of benzene rings is 2. The van der Waals surface area contributed by atoms with E-state index in [1.165, 1.54) is 11.1 Å². The molecule has 4 heteroatoms. The Morgan fingerprint density at radius 3 is 1.93 bits per heavy atom. The van der Waals surface area contributed by atoms with Crippen molar-refractivity contribution in [1.82, 2.24) is 10.2 Å². The summed E-state index contributed by atoms with van der Waals surface area (Å²) < 4.78 is 0. The molecule has 2 aromatic carbocycles. The van der Waals surface area contributed by atoms with Crippen LogP contribution in [0.3, 0.4) is 0 Å². The van der Waals surface area contributed by atoms with Crippen LogP contribution in [0.15, 0.2) is 60.7 Å². The van der Waals surface area contributed by atoms with Gasteiger partial charge in [-0.25, -0.2) is 0 Å². The summed E-state index contributed by atoms with van der Waals surface area (Å²) in [6.45, 7) is 6.53. The van der Waals surface area contributed by atoms with E-state index in [-0.39, 0.29) is 35.7 Å². The van der Waals surface area contributed by atoms with Crippen molar-refractivity contribution in [2.45, 2.75) is 45.2 Å². The Balaban J connectivity index is 1.76. The Labute approximate surface area is 161 Å². The van der Waals surface area contributed by atoms with Crippen LogP contribution >= 0.6 is 0 Å². The van der Waals surface area contributed by atoms with E-state index in [0.29, 0.717) is 13.0 Å². The maximum absolute atomic E-state index is 12.8. The van der Waals surface area contributed by atoms with E-state index in [9.17, 15) is 9.59 Å². The molecule has 1 heterocycles. The fourth-order valence-electron chi connectivity index (χ4n) is 3.92. The topological polar surface area (TPSA) is 49.4 Å². The first-order valence-electron chi connectivity index (χ1n) is 9.67. The third kappa shape index (κ3) is 4.38. The van der Waals surface area contributed by atoms with E-state index in [2.05, 4.69) is 29.6 Å². The molecule has 2 unspecified atom stereocenters. The van der Waals surface area contributed by atoms with Gasteiger partial charge in [-0.3, -0.25) is 9.59 Å². The van der Waals surface area contributed by atoms with Crippen molar-refractivity contribution in [1.29, 1.82) is 0 Å². The first kappa shape index (κ1) is 19.2. The number of carbonyl (C=O) groups excluding carboxylic acids is 2. The second-order valence-corrected chi connectivity index (χ2v) is 7.64. The van der Waals surface area contributed by atoms with Crippen LogP contribution in [0.5, 0.6) is 0 Å². The van der Waals surface area contributed by atoms with Crippen LogP contribution < -0.4 is 5.32 Å². The van der Waals surface area contributed by atoms with Crippen LogP contribution in [-0.4, -0.2) is 35.3 Å². The Morgan fingerprint density at radius 2 is 1.48 bits per heavy atom. The van der Waals surface area contributed by atoms with Crippen molar-refractivity contribution in [3.63, 3.8) is 0 Å². The summed E-state index contributed by atoms with van der Waals surface area (Å²) in [4.78, 5) is 26.8. The average Bonchev–Trinajstić information content (AvgIpc) is 3.06. The monoisotopic (exact) mass is 364 g/mol. The Morgan fingerprint density at radius 1 is 0.963 bits per heavy atom. The van der Waals surface area contributed by atoms with Crippen LogP contribution in [0.25, 0.3) is 0 Å². The van der Waals surface area contributed by atoms with Crippen molar-refractivity contribution in [3.05, 3.63) is 71.8 Å². The number of nitrogens with zero attached hydrogens (tertiary/aromatic N) is 1. The molecule has 27 heavy (non-hydrogen) atoms. The van der Waals surface area contributed by atoms with Gasteiger partial charge in [0.1, 0.15) is 0 Å². The number of likely N-dealkylation sites (tertiary alicyclic amines) is 1. The van der Waals surface area contributed by atoms with Crippen molar-refractivity contribution in [2.24, 2.45) is 5.92 Å². The third-order valence-electron chi connectivity index (χ3n) is 5.34. The number of hydrogen-bond donors (Lipinski definition) is 1. The quantitative estimate of drug-likeness (QED) is 0.852. The fraction of sp³-hybridized carbons (Fsp3) is 0.391. The van der Waals surface area contributed by atoms with Crippen LogP contribution in [0.1, 0.15) is 44.2 Å². The summed E-state index contributed by atoms with van der Waals surface area (Å²) in [5, 5.41) is 3.18. The van der Waals surface area contributed by atoms with Gasteiger partial charge < -0.3 is 10.2 Å². The molecule has 2 aromatic rings. The van der Waals surface area contributed by atoms with Crippen molar-refractivity contribution >= 4 is 11.8 Å². The minimum atomic E-state index is -0.269. The summed E-state index contributed by atoms with van der Waals surface area (Å²) in [5.74, 6) is -0.166. The molecule has 1 aliphatic heterocycles. The SMILES string of the molecule is CC(NC(=O)C1CC(=O)N(C(C)C)C1)C(c1ccccc1)c1ccccc1. The molecule has 0 saturated carbocycles. The van der Waals surface area contributed by atoms with Gasteiger partial charge in [-0.15, -0.1) is 0 Å². The maximum atomic E-state index is 12.8. The van der Waals surface area contributed by atoms with Crippen molar-refractivity contribution in [2.75, 3.05) is 6.54 Å². The molecular formula is C23H28N2O2. The molecular weight excluding hydrogens is 336 g/mol. The van der Waals surface area contributed by atoms with Gasteiger partial charge in [0.25, 0.3) is 0 Å². The predicted octanol–water partition coefficient (Wildman–Crippen LogP) is 3.58. The van der Waals surface area contributed by atoms with Gasteiger partial charge in [0.15, 0.2) is 0 Å². The first-order chi connectivity index (χ1) is 13.0. The zero-order valence-corrected chi connectivity index (χ0v) is 16.3. The van der Waals surface area contributed by atoms with Crippen LogP contribution in [0, 0.1) is 5.92 Å². The van der Waals surface area contributed by atoms with Gasteiger partial charge in [0.05, 0.1) is 5.92 Å². The molecule has 142 valence electrons. The summed E-state index contributed by atoms with van der Waals surface area (Å²) >= 11 is 0. The molecule has 4 nitrogen and oxygen atoms in total. The number of amides is 2. The number of rotatable bonds is 6. The summed E-state index contributed by atoms with van der Waals surface area (Å²) in [5.41, 5.74) is 2.34. The minimum Gasteiger partial charge on any atom is -0.352 e. The van der Waals surface area contributed by atoms with E-state index in [0.717, 1.165) is 0 Å². The lowest BCUT2D eigenvalue weighted by molar-refractivity contribution is -0.130. The summed E-state index contributed by atoms with van der Waals surface area (Å²) in [6, 6.07) is 20.5. The largest absolute Gasteiger partial charge is 0.352 e. The standard InChI is InChI=1S/C23H28N2O2/c1-16(2)25-15-20(14-21(25)26)23(27)24-17(3)22(18-10-6-4-7-11-18)19-12-8-5-9-13-19/h4-13,16-17,20,22H,14-15H2,1-3H3,(H,24,27). The average molecular weight is 364 g/mol. The summed E-state index contributed by atoms with van der Waals surface area (Å²) in [7, 11) is 0. The van der Waals surface area contributed by atoms with E-state index in [1.807, 2.05) is 57.2 Å². The number of hydrogen-bond acceptors (Lipinski definition) is 2. The van der Waals surface area contributed by atoms with Crippen LogP contribution in [0.2, 0.25) is 0 Å². The molecule has 0 spiro atoms. The molecule has 2 atom stereocenters. The summed E-state index contributed by atoms with van der Waals surface area (Å²) in [6.07, 6.45) is 0.304. The molecule has 0 bridgehead atoms. The Hall–Kier alpha value is -2.62. The van der Waals surface area contributed by atoms with Gasteiger partial charge in [-0.2, -0.15) is 0 Å². The van der Waals surface area contributed by atoms with Gasteiger partial charge in [-0.1, -0.05) is 60.7 Å². The molecule has 2 amide bonds. The lowest BCUT2D eigenvalue weighted by Gasteiger charge is -2.27. The van der Waals surface area contributed by atoms with Crippen LogP contribution in [0.4, 0.5) is 0 Å².